The highest BCUT2D eigenvalue weighted by Gasteiger charge is 2.24. The second-order valence-electron chi connectivity index (χ2n) is 6.92. The van der Waals surface area contributed by atoms with Crippen molar-refractivity contribution in [1.29, 1.82) is 0 Å². The number of amides is 1. The van der Waals surface area contributed by atoms with Crippen molar-refractivity contribution in [2.75, 3.05) is 25.5 Å². The molecule has 30 heavy (non-hydrogen) atoms. The summed E-state index contributed by atoms with van der Waals surface area (Å²) >= 11 is 0. The van der Waals surface area contributed by atoms with Crippen LogP contribution in [0.25, 0.3) is 10.8 Å². The number of hydrogen-bond donors (Lipinski definition) is 1. The minimum atomic E-state index is -3.64. The normalized spacial score (nSPS) is 11.6. The zero-order chi connectivity index (χ0) is 21.9. The highest BCUT2D eigenvalue weighted by atomic mass is 32.2. The number of carbonyl (C=O) groups excluding carboxylic acids is 1. The van der Waals surface area contributed by atoms with Gasteiger partial charge in [-0.05, 0) is 47.5 Å². The Balaban J connectivity index is 1.98. The van der Waals surface area contributed by atoms with Crippen LogP contribution in [0.2, 0.25) is 0 Å². The first kappa shape index (κ1) is 21.8. The first-order valence-corrected chi connectivity index (χ1v) is 11.2. The van der Waals surface area contributed by atoms with E-state index in [9.17, 15) is 13.2 Å². The minimum Gasteiger partial charge on any atom is -0.496 e. The Morgan fingerprint density at radius 2 is 1.63 bits per heavy atom. The number of rotatable bonds is 7. The predicted octanol–water partition coefficient (Wildman–Crippen LogP) is 4.44. The van der Waals surface area contributed by atoms with Crippen LogP contribution >= 0.6 is 0 Å². The number of ether oxygens (including phenoxy) is 1. The zero-order valence-electron chi connectivity index (χ0n) is 17.6. The average Bonchev–Trinajstić information content (AvgIpc) is 2.74. The quantitative estimate of drug-likeness (QED) is 0.606. The van der Waals surface area contributed by atoms with Crippen molar-refractivity contribution in [1.82, 2.24) is 4.31 Å². The molecule has 0 bridgehead atoms. The first-order valence-electron chi connectivity index (χ1n) is 9.80. The molecular formula is C23H26N2O4S. The summed E-state index contributed by atoms with van der Waals surface area (Å²) in [5.41, 5.74) is 1.42. The highest BCUT2D eigenvalue weighted by Crippen LogP contribution is 2.28. The Bertz CT molecular complexity index is 1190. The van der Waals surface area contributed by atoms with E-state index >= 15 is 0 Å². The van der Waals surface area contributed by atoms with Crippen LogP contribution in [-0.4, -0.2) is 38.8 Å². The molecule has 158 valence electrons. The van der Waals surface area contributed by atoms with Crippen LogP contribution in [0.5, 0.6) is 5.75 Å². The molecule has 1 amide bonds. The molecule has 0 aliphatic carbocycles. The molecule has 0 aliphatic rings. The van der Waals surface area contributed by atoms with E-state index in [4.69, 9.17) is 4.74 Å². The van der Waals surface area contributed by atoms with Gasteiger partial charge in [-0.3, -0.25) is 4.79 Å². The fourth-order valence-electron chi connectivity index (χ4n) is 3.42. The average molecular weight is 427 g/mol. The van der Waals surface area contributed by atoms with E-state index < -0.39 is 10.0 Å². The smallest absolute Gasteiger partial charge is 0.259 e. The largest absolute Gasteiger partial charge is 0.496 e. The van der Waals surface area contributed by atoms with Crippen molar-refractivity contribution >= 4 is 32.4 Å². The van der Waals surface area contributed by atoms with E-state index in [1.165, 1.54) is 17.5 Å². The van der Waals surface area contributed by atoms with Gasteiger partial charge in [0.15, 0.2) is 0 Å². The molecule has 0 unspecified atom stereocenters. The molecule has 0 atom stereocenters. The molecule has 3 aromatic rings. The number of methoxy groups -OCH3 is 1. The molecule has 0 aliphatic heterocycles. The fraction of sp³-hybridized carbons (Fsp3) is 0.261. The second-order valence-corrected chi connectivity index (χ2v) is 8.83. The molecule has 0 fully saturated rings. The van der Waals surface area contributed by atoms with Gasteiger partial charge in [-0.1, -0.05) is 44.2 Å². The van der Waals surface area contributed by atoms with Gasteiger partial charge in [0.05, 0.1) is 17.6 Å². The van der Waals surface area contributed by atoms with Gasteiger partial charge in [0.2, 0.25) is 10.0 Å². The summed E-state index contributed by atoms with van der Waals surface area (Å²) in [5.74, 6) is 0.0851. The Hall–Kier alpha value is -2.90. The molecule has 0 heterocycles. The summed E-state index contributed by atoms with van der Waals surface area (Å²) in [7, 11) is -2.12. The summed E-state index contributed by atoms with van der Waals surface area (Å²) in [5, 5.41) is 4.69. The third kappa shape index (κ3) is 4.17. The number of sulfonamides is 1. The minimum absolute atomic E-state index is 0.189. The van der Waals surface area contributed by atoms with Crippen molar-refractivity contribution in [2.45, 2.75) is 25.7 Å². The maximum Gasteiger partial charge on any atom is 0.259 e. The maximum absolute atomic E-state index is 13.0. The molecule has 0 saturated carbocycles. The molecule has 0 spiro atoms. The van der Waals surface area contributed by atoms with Crippen LogP contribution in [0, 0.1) is 6.92 Å². The predicted molar refractivity (Wildman–Crippen MR) is 120 cm³/mol. The van der Waals surface area contributed by atoms with Gasteiger partial charge in [-0.25, -0.2) is 8.42 Å². The molecule has 1 N–H and O–H groups in total. The number of hydrogen-bond acceptors (Lipinski definition) is 4. The SMILES string of the molecule is CCN(CC)S(=O)(=O)c1cc(NC(=O)c2cc3ccccc3cc2OC)ccc1C. The van der Waals surface area contributed by atoms with Crippen molar-refractivity contribution in [3.05, 3.63) is 65.7 Å². The standard InChI is InChI=1S/C23H26N2O4S/c1-5-25(6-2)30(27,28)22-15-19(12-11-16(22)3)24-23(26)20-13-17-9-7-8-10-18(17)14-21(20)29-4/h7-15H,5-6H2,1-4H3,(H,24,26). The van der Waals surface area contributed by atoms with E-state index in [0.717, 1.165) is 10.8 Å². The highest BCUT2D eigenvalue weighted by molar-refractivity contribution is 7.89. The van der Waals surface area contributed by atoms with Gasteiger partial charge in [-0.2, -0.15) is 4.31 Å². The number of fused-ring (bicyclic) bond motifs is 1. The van der Waals surface area contributed by atoms with E-state index in [0.29, 0.717) is 35.7 Å². The van der Waals surface area contributed by atoms with Crippen LogP contribution in [0.3, 0.4) is 0 Å². The number of carbonyl (C=O) groups is 1. The Morgan fingerprint density at radius 1 is 1.00 bits per heavy atom. The Morgan fingerprint density at radius 3 is 2.23 bits per heavy atom. The lowest BCUT2D eigenvalue weighted by atomic mass is 10.1. The van der Waals surface area contributed by atoms with Gasteiger partial charge < -0.3 is 10.1 Å². The molecule has 0 saturated heterocycles. The summed E-state index contributed by atoms with van der Waals surface area (Å²) in [6.45, 7) is 6.10. The lowest BCUT2D eigenvalue weighted by Crippen LogP contribution is -2.31. The van der Waals surface area contributed by atoms with E-state index in [1.807, 2.05) is 30.3 Å². The number of aryl methyl sites for hydroxylation is 1. The molecule has 7 heteroatoms. The van der Waals surface area contributed by atoms with Crippen LogP contribution in [0.15, 0.2) is 59.5 Å². The van der Waals surface area contributed by atoms with Crippen molar-refractivity contribution < 1.29 is 17.9 Å². The topological polar surface area (TPSA) is 75.7 Å². The summed E-state index contributed by atoms with van der Waals surface area (Å²) in [4.78, 5) is 13.2. The van der Waals surface area contributed by atoms with E-state index in [2.05, 4.69) is 5.32 Å². The van der Waals surface area contributed by atoms with Crippen LogP contribution in [0.1, 0.15) is 29.8 Å². The van der Waals surface area contributed by atoms with E-state index in [-0.39, 0.29) is 10.8 Å². The molecule has 3 aromatic carbocycles. The third-order valence-corrected chi connectivity index (χ3v) is 7.27. The van der Waals surface area contributed by atoms with Gasteiger partial charge in [0.25, 0.3) is 5.91 Å². The van der Waals surface area contributed by atoms with Crippen molar-refractivity contribution in [2.24, 2.45) is 0 Å². The van der Waals surface area contributed by atoms with Gasteiger partial charge in [0.1, 0.15) is 5.75 Å². The van der Waals surface area contributed by atoms with Gasteiger partial charge in [-0.15, -0.1) is 0 Å². The van der Waals surface area contributed by atoms with Crippen LogP contribution in [-0.2, 0) is 10.0 Å². The molecule has 0 radical (unpaired) electrons. The molecule has 0 aromatic heterocycles. The molecule has 3 rings (SSSR count). The number of anilines is 1. The zero-order valence-corrected chi connectivity index (χ0v) is 18.4. The van der Waals surface area contributed by atoms with Crippen molar-refractivity contribution in [3.63, 3.8) is 0 Å². The van der Waals surface area contributed by atoms with E-state index in [1.54, 1.807) is 39.0 Å². The lowest BCUT2D eigenvalue weighted by Gasteiger charge is -2.20. The van der Waals surface area contributed by atoms with Gasteiger partial charge >= 0.3 is 0 Å². The Labute approximate surface area is 177 Å². The monoisotopic (exact) mass is 426 g/mol. The molecule has 6 nitrogen and oxygen atoms in total. The van der Waals surface area contributed by atoms with Crippen molar-refractivity contribution in [3.8, 4) is 5.75 Å². The van der Waals surface area contributed by atoms with Crippen LogP contribution in [0.4, 0.5) is 5.69 Å². The van der Waals surface area contributed by atoms with Crippen LogP contribution < -0.4 is 10.1 Å². The second kappa shape index (κ2) is 8.85. The summed E-state index contributed by atoms with van der Waals surface area (Å²) < 4.78 is 32.7. The number of benzene rings is 3. The summed E-state index contributed by atoms with van der Waals surface area (Å²) in [6, 6.07) is 16.2. The summed E-state index contributed by atoms with van der Waals surface area (Å²) in [6.07, 6.45) is 0. The lowest BCUT2D eigenvalue weighted by molar-refractivity contribution is 0.102. The third-order valence-electron chi connectivity index (χ3n) is 5.08. The first-order chi connectivity index (χ1) is 14.3. The maximum atomic E-state index is 13.0. The number of nitrogens with zero attached hydrogens (tertiary/aromatic N) is 1. The fourth-order valence-corrected chi connectivity index (χ4v) is 5.13. The van der Waals surface area contributed by atoms with Gasteiger partial charge in [0, 0.05) is 18.8 Å². The molecular weight excluding hydrogens is 400 g/mol. The number of nitrogens with one attached hydrogen (secondary N) is 1. The Kier molecular flexibility index (Phi) is 6.43.